The van der Waals surface area contributed by atoms with Crippen LogP contribution >= 0.6 is 0 Å². The molecule has 0 aromatic carbocycles. The van der Waals surface area contributed by atoms with Crippen molar-refractivity contribution in [1.82, 2.24) is 0 Å². The van der Waals surface area contributed by atoms with Gasteiger partial charge in [0.1, 0.15) is 5.60 Å². The van der Waals surface area contributed by atoms with Crippen LogP contribution in [0.1, 0.15) is 57.8 Å². The first-order valence-electron chi connectivity index (χ1n) is 6.30. The van der Waals surface area contributed by atoms with E-state index in [9.17, 15) is 5.11 Å². The van der Waals surface area contributed by atoms with Gasteiger partial charge in [0.2, 0.25) is 0 Å². The summed E-state index contributed by atoms with van der Waals surface area (Å²) in [6.07, 6.45) is 16.6. The summed E-state index contributed by atoms with van der Waals surface area (Å²) in [4.78, 5) is 0. The van der Waals surface area contributed by atoms with Crippen LogP contribution in [-0.2, 0) is 0 Å². The van der Waals surface area contributed by atoms with Gasteiger partial charge in [-0.2, -0.15) is 0 Å². The maximum absolute atomic E-state index is 10.2. The van der Waals surface area contributed by atoms with E-state index in [1.54, 1.807) is 6.08 Å². The molecule has 1 aliphatic rings. The molecule has 1 N–H and O–H groups in total. The molecule has 0 spiro atoms. The third-order valence-corrected chi connectivity index (χ3v) is 3.21. The fourth-order valence-electron chi connectivity index (χ4n) is 2.10. The Morgan fingerprint density at radius 2 is 1.60 bits per heavy atom. The maximum Gasteiger partial charge on any atom is 0.101 e. The minimum Gasteiger partial charge on any atom is -0.382 e. The predicted octanol–water partition coefficient (Wildman–Crippen LogP) is 3.98. The molecule has 0 aromatic heterocycles. The van der Waals surface area contributed by atoms with Crippen LogP contribution in [0.5, 0.6) is 0 Å². The van der Waals surface area contributed by atoms with E-state index in [0.717, 1.165) is 19.3 Å². The highest BCUT2D eigenvalue weighted by atomic mass is 16.3. The van der Waals surface area contributed by atoms with Crippen LogP contribution in [0.4, 0.5) is 0 Å². The molecule has 0 saturated carbocycles. The first-order chi connectivity index (χ1) is 7.27. The first kappa shape index (κ1) is 12.5. The fourth-order valence-corrected chi connectivity index (χ4v) is 2.10. The van der Waals surface area contributed by atoms with Crippen LogP contribution < -0.4 is 0 Å². The Morgan fingerprint density at radius 1 is 1.00 bits per heavy atom. The Labute approximate surface area is 93.9 Å². The molecule has 1 nitrogen and oxygen atoms in total. The third kappa shape index (κ3) is 5.17. The monoisotopic (exact) mass is 208 g/mol. The van der Waals surface area contributed by atoms with E-state index in [2.05, 4.69) is 12.7 Å². The Hall–Kier alpha value is -0.560. The predicted molar refractivity (Wildman–Crippen MR) is 65.8 cm³/mol. The van der Waals surface area contributed by atoms with Gasteiger partial charge >= 0.3 is 0 Å². The molecule has 1 rings (SSSR count). The zero-order chi connectivity index (χ0) is 11.0. The lowest BCUT2D eigenvalue weighted by Gasteiger charge is -2.20. The van der Waals surface area contributed by atoms with Gasteiger partial charge < -0.3 is 5.11 Å². The molecule has 0 aromatic rings. The van der Waals surface area contributed by atoms with Crippen molar-refractivity contribution in [2.75, 3.05) is 0 Å². The average Bonchev–Trinajstić information content (AvgIpc) is 2.23. The number of rotatable bonds is 1. The number of hydrogen-bond donors (Lipinski definition) is 1. The van der Waals surface area contributed by atoms with Crippen molar-refractivity contribution in [3.63, 3.8) is 0 Å². The van der Waals surface area contributed by atoms with Crippen molar-refractivity contribution in [2.24, 2.45) is 0 Å². The first-order valence-corrected chi connectivity index (χ1v) is 6.30. The van der Waals surface area contributed by atoms with Gasteiger partial charge in [-0.05, 0) is 25.7 Å². The lowest BCUT2D eigenvalue weighted by Crippen LogP contribution is -2.22. The molecule has 0 radical (unpaired) electrons. The zero-order valence-corrected chi connectivity index (χ0v) is 9.75. The molecule has 0 saturated heterocycles. The largest absolute Gasteiger partial charge is 0.382 e. The highest BCUT2D eigenvalue weighted by Crippen LogP contribution is 2.20. The van der Waals surface area contributed by atoms with Gasteiger partial charge in [0.05, 0.1) is 0 Å². The summed E-state index contributed by atoms with van der Waals surface area (Å²) in [5, 5.41) is 10.2. The number of hydrogen-bond acceptors (Lipinski definition) is 1. The minimum atomic E-state index is -0.751. The molecule has 0 heterocycles. The number of aliphatic hydroxyl groups is 1. The summed E-state index contributed by atoms with van der Waals surface area (Å²) in [6, 6.07) is 0. The molecule has 0 bridgehead atoms. The highest BCUT2D eigenvalue weighted by Gasteiger charge is 2.17. The summed E-state index contributed by atoms with van der Waals surface area (Å²) >= 11 is 0. The molecule has 1 atom stereocenters. The Balaban J connectivity index is 2.48. The van der Waals surface area contributed by atoms with E-state index in [1.807, 2.05) is 6.08 Å². The summed E-state index contributed by atoms with van der Waals surface area (Å²) in [5.41, 5.74) is -0.751. The molecule has 1 heteroatoms. The van der Waals surface area contributed by atoms with Gasteiger partial charge in [-0.1, -0.05) is 56.9 Å². The SMILES string of the molecule is C=CC1(O)C=CCCCCCCCCC1. The Bertz CT molecular complexity index is 207. The van der Waals surface area contributed by atoms with Crippen LogP contribution in [0.25, 0.3) is 0 Å². The molecule has 0 aliphatic heterocycles. The molecule has 0 amide bonds. The smallest absolute Gasteiger partial charge is 0.101 e. The van der Waals surface area contributed by atoms with Crippen molar-refractivity contribution < 1.29 is 5.11 Å². The lowest BCUT2D eigenvalue weighted by atomic mass is 9.93. The van der Waals surface area contributed by atoms with Gasteiger partial charge in [-0.15, -0.1) is 0 Å². The summed E-state index contributed by atoms with van der Waals surface area (Å²) < 4.78 is 0. The van der Waals surface area contributed by atoms with E-state index in [4.69, 9.17) is 0 Å². The summed E-state index contributed by atoms with van der Waals surface area (Å²) in [6.45, 7) is 3.72. The third-order valence-electron chi connectivity index (χ3n) is 3.21. The van der Waals surface area contributed by atoms with Gasteiger partial charge in [0.15, 0.2) is 0 Å². The molecule has 1 aliphatic carbocycles. The summed E-state index contributed by atoms with van der Waals surface area (Å²) in [5.74, 6) is 0. The van der Waals surface area contributed by atoms with Crippen molar-refractivity contribution in [3.05, 3.63) is 24.8 Å². The molecule has 15 heavy (non-hydrogen) atoms. The van der Waals surface area contributed by atoms with E-state index >= 15 is 0 Å². The average molecular weight is 208 g/mol. The molecule has 0 fully saturated rings. The van der Waals surface area contributed by atoms with E-state index in [0.29, 0.717) is 0 Å². The quantitative estimate of drug-likeness (QED) is 0.646. The van der Waals surface area contributed by atoms with Crippen molar-refractivity contribution >= 4 is 0 Å². The second-order valence-corrected chi connectivity index (χ2v) is 4.61. The standard InChI is InChI=1S/C14H24O/c1-2-14(15)12-10-8-6-4-3-5-7-9-11-13-14/h2,10,12,15H,1,3-9,11,13H2. The van der Waals surface area contributed by atoms with E-state index in [1.165, 1.54) is 38.5 Å². The van der Waals surface area contributed by atoms with Crippen molar-refractivity contribution in [1.29, 1.82) is 0 Å². The van der Waals surface area contributed by atoms with Crippen LogP contribution in [0.3, 0.4) is 0 Å². The normalized spacial score (nSPS) is 30.2. The fraction of sp³-hybridized carbons (Fsp3) is 0.714. The number of allylic oxidation sites excluding steroid dienone is 1. The summed E-state index contributed by atoms with van der Waals surface area (Å²) in [7, 11) is 0. The van der Waals surface area contributed by atoms with E-state index in [-0.39, 0.29) is 0 Å². The minimum absolute atomic E-state index is 0.751. The second kappa shape index (κ2) is 6.84. The molecule has 1 unspecified atom stereocenters. The van der Waals surface area contributed by atoms with Gasteiger partial charge in [-0.25, -0.2) is 0 Å². The lowest BCUT2D eigenvalue weighted by molar-refractivity contribution is 0.128. The van der Waals surface area contributed by atoms with E-state index < -0.39 is 5.60 Å². The Kier molecular flexibility index (Phi) is 5.70. The second-order valence-electron chi connectivity index (χ2n) is 4.61. The molecular formula is C14H24O. The Morgan fingerprint density at radius 3 is 2.27 bits per heavy atom. The van der Waals surface area contributed by atoms with Crippen molar-refractivity contribution in [3.8, 4) is 0 Å². The van der Waals surface area contributed by atoms with Gasteiger partial charge in [-0.3, -0.25) is 0 Å². The zero-order valence-electron chi connectivity index (χ0n) is 9.75. The van der Waals surface area contributed by atoms with Crippen LogP contribution in [0, 0.1) is 0 Å². The van der Waals surface area contributed by atoms with Gasteiger partial charge in [0, 0.05) is 0 Å². The van der Waals surface area contributed by atoms with Crippen LogP contribution in [0.15, 0.2) is 24.8 Å². The van der Waals surface area contributed by atoms with Crippen LogP contribution in [0.2, 0.25) is 0 Å². The topological polar surface area (TPSA) is 20.2 Å². The maximum atomic E-state index is 10.2. The highest BCUT2D eigenvalue weighted by molar-refractivity contribution is 5.11. The molecular weight excluding hydrogens is 184 g/mol. The molecule has 86 valence electrons. The van der Waals surface area contributed by atoms with Crippen LogP contribution in [-0.4, -0.2) is 10.7 Å². The van der Waals surface area contributed by atoms with Gasteiger partial charge in [0.25, 0.3) is 0 Å². The van der Waals surface area contributed by atoms with Crippen molar-refractivity contribution in [2.45, 2.75) is 63.4 Å².